The SMILES string of the molecule is CCCCCCCCn1nc2c(/C=C3\SC(=O)N(CC)C3=O)ccc(-c3cc4c(s3)-c3cc5c(cc3C4(c3ccc(CCCCCC)cc3)c3ccc(CCCCCC)cc3)-c3sc(-c4ccc(/C=C6\SC(=O)N(CC)C6=O)c6nn(CCCCCCCC)nc46)cc3C5(c3ccc(CCCCCC)cc3)c3ccc(CCCCCC)cc3)c2n1. The van der Waals surface area contributed by atoms with Gasteiger partial charge in [-0.15, -0.1) is 22.7 Å². The van der Waals surface area contributed by atoms with Gasteiger partial charge in [0.1, 0.15) is 22.1 Å². The molecule has 12 nitrogen and oxygen atoms in total. The second-order valence-electron chi connectivity index (χ2n) is 34.0. The molecule has 4 amide bonds. The molecule has 0 unspecified atom stereocenters. The average molecular weight is 1680 g/mol. The predicted octanol–water partition coefficient (Wildman–Crippen LogP) is 28.7. The summed E-state index contributed by atoms with van der Waals surface area (Å²) in [5.41, 5.74) is 22.5. The van der Waals surface area contributed by atoms with Crippen molar-refractivity contribution < 1.29 is 19.2 Å². The van der Waals surface area contributed by atoms with Crippen LogP contribution in [0.25, 0.3) is 76.0 Å². The van der Waals surface area contributed by atoms with Crippen molar-refractivity contribution >= 4 is 103 Å². The molecule has 0 saturated carbocycles. The number of aromatic nitrogens is 6. The zero-order valence-corrected chi connectivity index (χ0v) is 75.6. The fourth-order valence-electron chi connectivity index (χ4n) is 19.0. The third-order valence-corrected chi connectivity index (χ3v) is 29.9. The Morgan fingerprint density at radius 1 is 0.308 bits per heavy atom. The van der Waals surface area contributed by atoms with Crippen LogP contribution in [0, 0.1) is 0 Å². The summed E-state index contributed by atoms with van der Waals surface area (Å²) >= 11 is 5.72. The van der Waals surface area contributed by atoms with Gasteiger partial charge in [-0.2, -0.15) is 30.0 Å². The number of amides is 4. The maximum absolute atomic E-state index is 13.9. The number of nitrogens with zero attached hydrogens (tertiary/aromatic N) is 8. The Balaban J connectivity index is 0.993. The molecule has 626 valence electrons. The van der Waals surface area contributed by atoms with Gasteiger partial charge in [0.15, 0.2) is 0 Å². The quantitative estimate of drug-likeness (QED) is 0.0268. The smallest absolute Gasteiger partial charge is 0.269 e. The summed E-state index contributed by atoms with van der Waals surface area (Å²) in [7, 11) is 0. The zero-order chi connectivity index (χ0) is 83.3. The molecule has 0 bridgehead atoms. The first-order valence-corrected chi connectivity index (χ1v) is 49.2. The number of imide groups is 2. The number of hydrogen-bond acceptors (Lipinski definition) is 12. The van der Waals surface area contributed by atoms with Gasteiger partial charge >= 0.3 is 0 Å². The normalized spacial score (nSPS) is 15.3. The lowest BCUT2D eigenvalue weighted by Gasteiger charge is -2.36. The van der Waals surface area contributed by atoms with E-state index in [1.807, 2.05) is 58.3 Å². The first-order valence-electron chi connectivity index (χ1n) is 45.9. The van der Waals surface area contributed by atoms with E-state index in [2.05, 4.69) is 187 Å². The third-order valence-electron chi connectivity index (χ3n) is 25.7. The highest BCUT2D eigenvalue weighted by Gasteiger charge is 2.54. The Labute approximate surface area is 729 Å². The van der Waals surface area contributed by atoms with Gasteiger partial charge in [-0.05, 0) is 216 Å². The summed E-state index contributed by atoms with van der Waals surface area (Å²) in [6.07, 6.45) is 40.5. The molecule has 0 N–H and O–H groups in total. The van der Waals surface area contributed by atoms with Gasteiger partial charge in [-0.3, -0.25) is 29.0 Å². The maximum atomic E-state index is 13.9. The summed E-state index contributed by atoms with van der Waals surface area (Å²) in [5, 5.41) is 21.2. The molecule has 7 aromatic carbocycles. The summed E-state index contributed by atoms with van der Waals surface area (Å²) in [5.74, 6) is -0.552. The van der Waals surface area contributed by atoms with Crippen molar-refractivity contribution in [3.63, 3.8) is 0 Å². The standard InChI is InChI=1S/C104H122N8O4S4/c1-9-17-23-29-31-37-63-111-105-93-75(65-91-99(113)109(15-7)101(115)119-91)51-61-81(95(93)107-111)89-69-87-97(117-89)83-67-86-84(68-85(83)103(87,77-53-43-71(44-54-77)39-33-25-19-11-3)78-55-45-72(46-56-78)40-34-26-20-12-4)98-88(104(86,79-57-47-73(48-58-79)41-35-27-21-13-5)80-59-49-74(50-60-80)42-36-28-22-14-6)70-90(118-98)82-62-52-76(66-92-100(114)110(16-8)102(116)120-92)94-96(82)108-112(106-94)64-38-32-30-24-18-10-2/h43-62,65-70H,9-42,63-64H2,1-8H3/b91-65-,92-66-. The Morgan fingerprint density at radius 3 is 0.900 bits per heavy atom. The van der Waals surface area contributed by atoms with Crippen LogP contribution in [0.1, 0.15) is 313 Å². The second-order valence-corrected chi connectivity index (χ2v) is 38.0. The van der Waals surface area contributed by atoms with E-state index in [9.17, 15) is 19.2 Å². The van der Waals surface area contributed by atoms with Crippen molar-refractivity contribution in [3.8, 4) is 41.8 Å². The molecular formula is C104H122N8O4S4. The molecule has 120 heavy (non-hydrogen) atoms. The molecule has 15 rings (SSSR count). The van der Waals surface area contributed by atoms with Crippen molar-refractivity contribution in [1.29, 1.82) is 0 Å². The Bertz CT molecular complexity index is 5060. The second kappa shape index (κ2) is 40.0. The van der Waals surface area contributed by atoms with Crippen LogP contribution in [0.4, 0.5) is 9.59 Å². The van der Waals surface area contributed by atoms with E-state index >= 15 is 0 Å². The van der Waals surface area contributed by atoms with E-state index in [0.717, 1.165) is 144 Å². The molecule has 0 radical (unpaired) electrons. The van der Waals surface area contributed by atoms with E-state index in [1.54, 1.807) is 0 Å². The van der Waals surface area contributed by atoms with Crippen LogP contribution in [0.3, 0.4) is 0 Å². The van der Waals surface area contributed by atoms with Crippen LogP contribution in [-0.4, -0.2) is 75.2 Å². The first kappa shape index (κ1) is 86.2. The summed E-state index contributed by atoms with van der Waals surface area (Å²) in [6, 6.07) is 58.1. The molecule has 2 fully saturated rings. The number of thiophene rings is 2. The van der Waals surface area contributed by atoms with E-state index in [0.29, 0.717) is 47.0 Å². The molecule has 6 heterocycles. The highest BCUT2D eigenvalue weighted by Crippen LogP contribution is 2.66. The third kappa shape index (κ3) is 17.6. The fraction of sp³-hybridized carbons (Fsp3) is 0.442. The minimum Gasteiger partial charge on any atom is -0.269 e. The molecule has 4 aromatic heterocycles. The largest absolute Gasteiger partial charge is 0.293 e. The minimum absolute atomic E-state index is 0.255. The van der Waals surface area contributed by atoms with E-state index in [1.165, 1.54) is 226 Å². The van der Waals surface area contributed by atoms with E-state index in [-0.39, 0.29) is 22.3 Å². The Kier molecular flexibility index (Phi) is 28.7. The van der Waals surface area contributed by atoms with Crippen LogP contribution < -0.4 is 0 Å². The van der Waals surface area contributed by atoms with Crippen LogP contribution >= 0.6 is 46.2 Å². The molecule has 11 aromatic rings. The molecule has 16 heteroatoms. The topological polar surface area (TPSA) is 136 Å². The number of carbonyl (C=O) groups excluding carboxylic acids is 4. The van der Waals surface area contributed by atoms with Crippen molar-refractivity contribution in [2.24, 2.45) is 0 Å². The Hall–Kier alpha value is -8.80. The average Bonchev–Trinajstić information content (AvgIpc) is 1.50. The number of unbranched alkanes of at least 4 members (excludes halogenated alkanes) is 22. The van der Waals surface area contributed by atoms with Crippen LogP contribution in [0.2, 0.25) is 0 Å². The van der Waals surface area contributed by atoms with Gasteiger partial charge < -0.3 is 0 Å². The first-order chi connectivity index (χ1) is 58.8. The van der Waals surface area contributed by atoms with Gasteiger partial charge in [0.25, 0.3) is 22.3 Å². The summed E-state index contributed by atoms with van der Waals surface area (Å²) < 4.78 is 0. The zero-order valence-electron chi connectivity index (χ0n) is 72.3. The van der Waals surface area contributed by atoms with Crippen LogP contribution in [-0.2, 0) is 59.2 Å². The predicted molar refractivity (Wildman–Crippen MR) is 505 cm³/mol. The number of fused-ring (bicyclic) bond motifs is 8. The number of likely N-dealkylation sites (N-methyl/N-ethyl adjacent to an activating group) is 2. The number of benzene rings is 7. The lowest BCUT2D eigenvalue weighted by atomic mass is 9.65. The van der Waals surface area contributed by atoms with Crippen molar-refractivity contribution in [1.82, 2.24) is 39.8 Å². The number of aryl methyl sites for hydroxylation is 6. The summed E-state index contributed by atoms with van der Waals surface area (Å²) in [4.78, 5) is 66.4. The molecule has 0 spiro atoms. The van der Waals surface area contributed by atoms with Crippen LogP contribution in [0.5, 0.6) is 0 Å². The molecule has 2 saturated heterocycles. The van der Waals surface area contributed by atoms with Crippen molar-refractivity contribution in [2.75, 3.05) is 13.1 Å². The van der Waals surface area contributed by atoms with Crippen LogP contribution in [0.15, 0.2) is 155 Å². The number of thioether (sulfide) groups is 2. The van der Waals surface area contributed by atoms with Crippen molar-refractivity contribution in [3.05, 3.63) is 233 Å². The number of carbonyl (C=O) groups is 4. The number of hydrogen-bond donors (Lipinski definition) is 0. The van der Waals surface area contributed by atoms with Gasteiger partial charge in [-0.25, -0.2) is 0 Å². The number of rotatable bonds is 44. The van der Waals surface area contributed by atoms with E-state index in [4.69, 9.17) is 20.4 Å². The van der Waals surface area contributed by atoms with Gasteiger partial charge in [-0.1, -0.05) is 304 Å². The molecular weight excluding hydrogens is 1550 g/mol. The van der Waals surface area contributed by atoms with Gasteiger partial charge in [0.2, 0.25) is 0 Å². The highest BCUT2D eigenvalue weighted by atomic mass is 32.2. The molecule has 2 aliphatic carbocycles. The molecule has 4 aliphatic rings. The minimum atomic E-state index is -0.820. The summed E-state index contributed by atoms with van der Waals surface area (Å²) in [6.45, 7) is 19.3. The lowest BCUT2D eigenvalue weighted by molar-refractivity contribution is -0.123. The van der Waals surface area contributed by atoms with E-state index < -0.39 is 10.8 Å². The molecule has 2 aliphatic heterocycles. The van der Waals surface area contributed by atoms with Gasteiger partial charge in [0.05, 0.1) is 33.7 Å². The van der Waals surface area contributed by atoms with Gasteiger partial charge in [0, 0.05) is 54.9 Å². The Morgan fingerprint density at radius 2 is 0.600 bits per heavy atom. The molecule has 0 atom stereocenters. The lowest BCUT2D eigenvalue weighted by Crippen LogP contribution is -2.30. The fourth-order valence-corrected chi connectivity index (χ4v) is 23.3. The highest BCUT2D eigenvalue weighted by molar-refractivity contribution is 8.18. The van der Waals surface area contributed by atoms with Crippen molar-refractivity contribution in [2.45, 2.75) is 285 Å². The monoisotopic (exact) mass is 1670 g/mol. The maximum Gasteiger partial charge on any atom is 0.293 e.